The van der Waals surface area contributed by atoms with Gasteiger partial charge in [-0.2, -0.15) is 0 Å². The molecule has 0 aromatic carbocycles. The summed E-state index contributed by atoms with van der Waals surface area (Å²) in [4.78, 5) is 1.25. The second-order valence-corrected chi connectivity index (χ2v) is 2.89. The van der Waals surface area contributed by atoms with Crippen LogP contribution in [0, 0.1) is 0 Å². The lowest BCUT2D eigenvalue weighted by atomic mass is 10.2. The smallest absolute Gasteiger partial charge is 0.0336 e. The molecular weight excluding hydrogens is 164 g/mol. The molecule has 0 aliphatic carbocycles. The van der Waals surface area contributed by atoms with Crippen LogP contribution in [0.2, 0.25) is 0 Å². The largest absolute Gasteiger partial charge is 0.144 e. The Labute approximate surface area is 79.3 Å². The van der Waals surface area contributed by atoms with Crippen molar-refractivity contribution in [3.63, 3.8) is 0 Å². The molecular formula is C11H16S. The SMILES string of the molecule is C=Cc1sccc1/C=C\C.CC. The Morgan fingerprint density at radius 2 is 2.08 bits per heavy atom. The van der Waals surface area contributed by atoms with Crippen LogP contribution >= 0.6 is 11.3 Å². The van der Waals surface area contributed by atoms with Crippen LogP contribution in [0.3, 0.4) is 0 Å². The molecule has 66 valence electrons. The van der Waals surface area contributed by atoms with Crippen molar-refractivity contribution < 1.29 is 0 Å². The fraction of sp³-hybridized carbons (Fsp3) is 0.273. The zero-order valence-electron chi connectivity index (χ0n) is 8.00. The summed E-state index contributed by atoms with van der Waals surface area (Å²) in [7, 11) is 0. The van der Waals surface area contributed by atoms with Crippen molar-refractivity contribution >= 4 is 23.5 Å². The molecule has 0 amide bonds. The molecule has 0 fully saturated rings. The first-order valence-corrected chi connectivity index (χ1v) is 5.09. The van der Waals surface area contributed by atoms with Crippen LogP contribution < -0.4 is 0 Å². The molecule has 0 saturated carbocycles. The van der Waals surface area contributed by atoms with Gasteiger partial charge >= 0.3 is 0 Å². The van der Waals surface area contributed by atoms with E-state index in [-0.39, 0.29) is 0 Å². The number of rotatable bonds is 2. The lowest BCUT2D eigenvalue weighted by Crippen LogP contribution is -1.65. The summed E-state index contributed by atoms with van der Waals surface area (Å²) in [6.45, 7) is 9.74. The summed E-state index contributed by atoms with van der Waals surface area (Å²) in [6.07, 6.45) is 6.02. The van der Waals surface area contributed by atoms with E-state index in [1.54, 1.807) is 11.3 Å². The molecule has 0 aliphatic rings. The Balaban J connectivity index is 0.000000561. The van der Waals surface area contributed by atoms with Gasteiger partial charge in [-0.3, -0.25) is 0 Å². The summed E-state index contributed by atoms with van der Waals surface area (Å²) in [5.41, 5.74) is 1.27. The minimum atomic E-state index is 1.25. The van der Waals surface area contributed by atoms with E-state index in [1.807, 2.05) is 32.9 Å². The summed E-state index contributed by atoms with van der Waals surface area (Å²) >= 11 is 1.72. The Morgan fingerprint density at radius 1 is 1.42 bits per heavy atom. The van der Waals surface area contributed by atoms with Gasteiger partial charge < -0.3 is 0 Å². The third-order valence-corrected chi connectivity index (χ3v) is 2.19. The van der Waals surface area contributed by atoms with E-state index in [9.17, 15) is 0 Å². The first-order valence-electron chi connectivity index (χ1n) is 4.21. The third kappa shape index (κ3) is 3.05. The number of allylic oxidation sites excluding steroid dienone is 1. The fourth-order valence-corrected chi connectivity index (χ4v) is 1.54. The normalized spacial score (nSPS) is 9.25. The first-order chi connectivity index (χ1) is 5.88. The van der Waals surface area contributed by atoms with Crippen molar-refractivity contribution in [2.45, 2.75) is 20.8 Å². The highest BCUT2D eigenvalue weighted by atomic mass is 32.1. The van der Waals surface area contributed by atoms with Gasteiger partial charge in [0.1, 0.15) is 0 Å². The standard InChI is InChI=1S/C9H10S.C2H6/c1-3-5-8-6-7-10-9(8)4-2;1-2/h3-7H,2H2,1H3;1-2H3/b5-3-;. The van der Waals surface area contributed by atoms with Gasteiger partial charge in [0.2, 0.25) is 0 Å². The Morgan fingerprint density at radius 3 is 2.58 bits per heavy atom. The van der Waals surface area contributed by atoms with Crippen molar-refractivity contribution in [2.75, 3.05) is 0 Å². The monoisotopic (exact) mass is 180 g/mol. The van der Waals surface area contributed by atoms with E-state index in [0.717, 1.165) is 0 Å². The molecule has 0 bridgehead atoms. The maximum atomic E-state index is 3.72. The second kappa shape index (κ2) is 6.86. The van der Waals surface area contributed by atoms with Gasteiger partial charge in [-0.25, -0.2) is 0 Å². The summed E-state index contributed by atoms with van der Waals surface area (Å²) in [5.74, 6) is 0. The number of hydrogen-bond donors (Lipinski definition) is 0. The van der Waals surface area contributed by atoms with Gasteiger partial charge in [-0.05, 0) is 23.9 Å². The molecule has 0 radical (unpaired) electrons. The van der Waals surface area contributed by atoms with E-state index in [4.69, 9.17) is 0 Å². The van der Waals surface area contributed by atoms with Crippen LogP contribution in [0.5, 0.6) is 0 Å². The molecule has 0 atom stereocenters. The molecule has 1 heteroatoms. The van der Waals surface area contributed by atoms with Gasteiger partial charge in [-0.1, -0.05) is 38.7 Å². The molecule has 0 saturated heterocycles. The van der Waals surface area contributed by atoms with Gasteiger partial charge in [0.25, 0.3) is 0 Å². The summed E-state index contributed by atoms with van der Waals surface area (Å²) < 4.78 is 0. The van der Waals surface area contributed by atoms with E-state index < -0.39 is 0 Å². The predicted molar refractivity (Wildman–Crippen MR) is 60.5 cm³/mol. The molecule has 1 aromatic rings. The minimum Gasteiger partial charge on any atom is -0.144 e. The lowest BCUT2D eigenvalue weighted by molar-refractivity contribution is 1.50. The molecule has 1 aromatic heterocycles. The van der Waals surface area contributed by atoms with E-state index in [1.165, 1.54) is 10.4 Å². The molecule has 1 rings (SSSR count). The van der Waals surface area contributed by atoms with Crippen LogP contribution in [0.1, 0.15) is 31.2 Å². The van der Waals surface area contributed by atoms with Gasteiger partial charge in [0.05, 0.1) is 0 Å². The lowest BCUT2D eigenvalue weighted by Gasteiger charge is -1.86. The van der Waals surface area contributed by atoms with Crippen LogP contribution in [-0.4, -0.2) is 0 Å². The second-order valence-electron chi connectivity index (χ2n) is 1.94. The van der Waals surface area contributed by atoms with Gasteiger partial charge in [0, 0.05) is 4.88 Å². The van der Waals surface area contributed by atoms with E-state index >= 15 is 0 Å². The van der Waals surface area contributed by atoms with E-state index in [2.05, 4.69) is 24.1 Å². The molecule has 12 heavy (non-hydrogen) atoms. The predicted octanol–water partition coefficient (Wildman–Crippen LogP) is 4.45. The first kappa shape index (κ1) is 11.2. The minimum absolute atomic E-state index is 1.25. The van der Waals surface area contributed by atoms with Gasteiger partial charge in [0.15, 0.2) is 0 Å². The molecule has 0 nitrogen and oxygen atoms in total. The van der Waals surface area contributed by atoms with Crippen LogP contribution in [0.25, 0.3) is 12.2 Å². The van der Waals surface area contributed by atoms with Crippen molar-refractivity contribution in [3.8, 4) is 0 Å². The van der Waals surface area contributed by atoms with Crippen LogP contribution in [0.4, 0.5) is 0 Å². The van der Waals surface area contributed by atoms with Crippen molar-refractivity contribution in [2.24, 2.45) is 0 Å². The average Bonchev–Trinajstić information content (AvgIpc) is 2.56. The summed E-state index contributed by atoms with van der Waals surface area (Å²) in [6, 6.07) is 2.10. The Bertz CT molecular complexity index is 243. The van der Waals surface area contributed by atoms with Crippen molar-refractivity contribution in [1.82, 2.24) is 0 Å². The molecule has 1 heterocycles. The quantitative estimate of drug-likeness (QED) is 0.630. The van der Waals surface area contributed by atoms with Crippen molar-refractivity contribution in [3.05, 3.63) is 34.5 Å². The Hall–Kier alpha value is -0.820. The molecule has 0 N–H and O–H groups in total. The van der Waals surface area contributed by atoms with Crippen LogP contribution in [-0.2, 0) is 0 Å². The molecule has 0 aliphatic heterocycles. The fourth-order valence-electron chi connectivity index (χ4n) is 0.814. The van der Waals surface area contributed by atoms with Gasteiger partial charge in [-0.15, -0.1) is 11.3 Å². The highest BCUT2D eigenvalue weighted by Crippen LogP contribution is 2.18. The summed E-state index contributed by atoms with van der Waals surface area (Å²) in [5, 5.41) is 2.08. The van der Waals surface area contributed by atoms with Crippen LogP contribution in [0.15, 0.2) is 24.1 Å². The van der Waals surface area contributed by atoms with E-state index in [0.29, 0.717) is 0 Å². The highest BCUT2D eigenvalue weighted by molar-refractivity contribution is 7.11. The van der Waals surface area contributed by atoms with Crippen molar-refractivity contribution in [1.29, 1.82) is 0 Å². The topological polar surface area (TPSA) is 0 Å². The maximum Gasteiger partial charge on any atom is 0.0336 e. The number of thiophene rings is 1. The average molecular weight is 180 g/mol. The Kier molecular flexibility index (Phi) is 6.39. The third-order valence-electron chi connectivity index (χ3n) is 1.26. The maximum absolute atomic E-state index is 3.72. The molecule has 0 spiro atoms. The number of hydrogen-bond acceptors (Lipinski definition) is 1. The molecule has 0 unspecified atom stereocenters. The zero-order valence-corrected chi connectivity index (χ0v) is 8.82. The zero-order chi connectivity index (χ0) is 9.40. The highest BCUT2D eigenvalue weighted by Gasteiger charge is 1.93.